The van der Waals surface area contributed by atoms with Gasteiger partial charge in [0.15, 0.2) is 0 Å². The Hall–Kier alpha value is -1.98. The van der Waals surface area contributed by atoms with Crippen molar-refractivity contribution in [1.82, 2.24) is 0 Å². The van der Waals surface area contributed by atoms with Crippen LogP contribution in [-0.2, 0) is 16.1 Å². The first-order valence-electron chi connectivity index (χ1n) is 11.0. The summed E-state index contributed by atoms with van der Waals surface area (Å²) in [5.74, 6) is -0.126. The van der Waals surface area contributed by atoms with Crippen molar-refractivity contribution in [2.75, 3.05) is 6.61 Å². The van der Waals surface area contributed by atoms with Crippen LogP contribution in [0.3, 0.4) is 0 Å². The molecule has 1 heterocycles. The van der Waals surface area contributed by atoms with E-state index in [2.05, 4.69) is 43.5 Å². The summed E-state index contributed by atoms with van der Waals surface area (Å²) >= 11 is 19.2. The van der Waals surface area contributed by atoms with Crippen molar-refractivity contribution in [2.24, 2.45) is 4.99 Å². The van der Waals surface area contributed by atoms with Crippen molar-refractivity contribution in [3.63, 3.8) is 0 Å². The smallest absolute Gasteiger partial charge is 0.344 e. The van der Waals surface area contributed by atoms with Crippen LogP contribution < -0.4 is 4.74 Å². The fourth-order valence-corrected chi connectivity index (χ4v) is 6.62. The number of aliphatic hydroxyl groups excluding tert-OH is 1. The second kappa shape index (κ2) is 12.7. The van der Waals surface area contributed by atoms with Crippen molar-refractivity contribution >= 4 is 96.3 Å². The number of ether oxygens (including phenoxy) is 2. The van der Waals surface area contributed by atoms with E-state index in [0.717, 1.165) is 19.2 Å². The lowest BCUT2D eigenvalue weighted by molar-refractivity contribution is -0.138. The van der Waals surface area contributed by atoms with E-state index < -0.39 is 5.97 Å². The Balaban J connectivity index is 1.62. The summed E-state index contributed by atoms with van der Waals surface area (Å²) in [4.78, 5) is 17.7. The van der Waals surface area contributed by atoms with E-state index >= 15 is 0 Å². The normalized spacial score (nSPS) is 15.5. The third-order valence-corrected chi connectivity index (χ3v) is 8.06. The molecule has 0 saturated carbocycles. The Kier molecular flexibility index (Phi) is 9.63. The molecule has 0 radical (unpaired) electrons. The molecule has 0 amide bonds. The van der Waals surface area contributed by atoms with Crippen LogP contribution in [0.1, 0.15) is 18.1 Å². The predicted octanol–water partition coefficient (Wildman–Crippen LogP) is 9.13. The standard InChI is InChI=1S/C27H19BrCl2INO4S/c1-2-35-27(34)23-24(33)22(37-26(23)32-18-6-4-3-5-7-18)12-15-10-19(28)25(21(31)11-15)36-14-16-8-9-17(29)13-20(16)30/h3-13,33H,2,14H2,1H3/b22-12-,32-26?. The minimum atomic E-state index is -0.619. The monoisotopic (exact) mass is 729 g/mol. The summed E-state index contributed by atoms with van der Waals surface area (Å²) < 4.78 is 12.8. The first kappa shape index (κ1) is 28.0. The lowest BCUT2D eigenvalue weighted by atomic mass is 10.1. The van der Waals surface area contributed by atoms with Gasteiger partial charge in [0.25, 0.3) is 0 Å². The number of aliphatic hydroxyl groups is 1. The van der Waals surface area contributed by atoms with Gasteiger partial charge in [-0.25, -0.2) is 9.79 Å². The molecule has 3 aromatic rings. The molecular formula is C27H19BrCl2INO4S. The van der Waals surface area contributed by atoms with Gasteiger partial charge in [-0.1, -0.05) is 59.2 Å². The number of hydrogen-bond acceptors (Lipinski definition) is 6. The highest BCUT2D eigenvalue weighted by Crippen LogP contribution is 2.41. The van der Waals surface area contributed by atoms with Gasteiger partial charge in [0.1, 0.15) is 28.7 Å². The molecule has 4 rings (SSSR count). The maximum Gasteiger partial charge on any atom is 0.344 e. The molecule has 37 heavy (non-hydrogen) atoms. The van der Waals surface area contributed by atoms with Crippen LogP contribution in [0.4, 0.5) is 5.69 Å². The lowest BCUT2D eigenvalue weighted by Gasteiger charge is -2.13. The van der Waals surface area contributed by atoms with Crippen LogP contribution in [0.2, 0.25) is 10.0 Å². The van der Waals surface area contributed by atoms with Crippen LogP contribution in [0.15, 0.2) is 86.4 Å². The molecule has 0 saturated heterocycles. The maximum atomic E-state index is 12.6. The largest absolute Gasteiger partial charge is 0.506 e. The summed E-state index contributed by atoms with van der Waals surface area (Å²) in [5.41, 5.74) is 2.33. The third-order valence-electron chi connectivity index (χ3n) is 5.06. The number of rotatable bonds is 7. The highest BCUT2D eigenvalue weighted by Gasteiger charge is 2.33. The average Bonchev–Trinajstić information content (AvgIpc) is 3.14. The Morgan fingerprint density at radius 1 is 1.16 bits per heavy atom. The van der Waals surface area contributed by atoms with Gasteiger partial charge in [-0.15, -0.1) is 0 Å². The van der Waals surface area contributed by atoms with Crippen LogP contribution in [-0.4, -0.2) is 22.7 Å². The van der Waals surface area contributed by atoms with Crippen LogP contribution in [0.25, 0.3) is 6.08 Å². The van der Waals surface area contributed by atoms with Gasteiger partial charge < -0.3 is 14.6 Å². The Bertz CT molecular complexity index is 1420. The van der Waals surface area contributed by atoms with Crippen molar-refractivity contribution in [3.8, 4) is 5.75 Å². The van der Waals surface area contributed by atoms with Gasteiger partial charge >= 0.3 is 5.97 Å². The van der Waals surface area contributed by atoms with Crippen molar-refractivity contribution in [2.45, 2.75) is 13.5 Å². The summed E-state index contributed by atoms with van der Waals surface area (Å²) in [5, 5.41) is 12.4. The average molecular weight is 731 g/mol. The van der Waals surface area contributed by atoms with Crippen LogP contribution in [0, 0.1) is 3.57 Å². The summed E-state index contributed by atoms with van der Waals surface area (Å²) in [6, 6.07) is 18.3. The van der Waals surface area contributed by atoms with Crippen molar-refractivity contribution < 1.29 is 19.4 Å². The minimum absolute atomic E-state index is 0.0514. The van der Waals surface area contributed by atoms with E-state index in [0.29, 0.717) is 31.4 Å². The number of nitrogens with zero attached hydrogens (tertiary/aromatic N) is 1. The molecule has 0 spiro atoms. The topological polar surface area (TPSA) is 68.1 Å². The van der Waals surface area contributed by atoms with Crippen LogP contribution in [0.5, 0.6) is 5.75 Å². The fourth-order valence-electron chi connectivity index (χ4n) is 3.35. The number of para-hydroxylation sites is 1. The zero-order valence-electron chi connectivity index (χ0n) is 19.3. The van der Waals surface area contributed by atoms with E-state index in [-0.39, 0.29) is 24.5 Å². The number of benzene rings is 3. The molecule has 1 aliphatic rings. The third kappa shape index (κ3) is 6.92. The number of carbonyl (C=O) groups excluding carboxylic acids is 1. The fraction of sp³-hybridized carbons (Fsp3) is 0.111. The van der Waals surface area contributed by atoms with Crippen molar-refractivity contribution in [3.05, 3.63) is 106 Å². The quantitative estimate of drug-likeness (QED) is 0.194. The molecule has 10 heteroatoms. The lowest BCUT2D eigenvalue weighted by Crippen LogP contribution is -2.12. The summed E-state index contributed by atoms with van der Waals surface area (Å²) in [6.45, 7) is 2.17. The number of thioether (sulfide) groups is 1. The first-order valence-corrected chi connectivity index (χ1v) is 14.4. The second-order valence-corrected chi connectivity index (χ2v) is 11.5. The molecule has 0 aliphatic carbocycles. The highest BCUT2D eigenvalue weighted by molar-refractivity contribution is 14.1. The zero-order valence-corrected chi connectivity index (χ0v) is 25.4. The minimum Gasteiger partial charge on any atom is -0.506 e. The van der Waals surface area contributed by atoms with Crippen molar-refractivity contribution in [1.29, 1.82) is 0 Å². The van der Waals surface area contributed by atoms with Gasteiger partial charge in [-0.2, -0.15) is 0 Å². The van der Waals surface area contributed by atoms with Gasteiger partial charge in [-0.3, -0.25) is 0 Å². The molecule has 0 fully saturated rings. The molecule has 0 bridgehead atoms. The Morgan fingerprint density at radius 3 is 2.59 bits per heavy atom. The predicted molar refractivity (Wildman–Crippen MR) is 163 cm³/mol. The molecule has 0 aromatic heterocycles. The molecule has 0 atom stereocenters. The number of hydrogen-bond donors (Lipinski definition) is 1. The van der Waals surface area contributed by atoms with E-state index in [9.17, 15) is 9.90 Å². The van der Waals surface area contributed by atoms with E-state index in [1.165, 1.54) is 11.8 Å². The molecule has 5 nitrogen and oxygen atoms in total. The molecule has 3 aromatic carbocycles. The number of aliphatic imine (C=N–C) groups is 1. The van der Waals surface area contributed by atoms with E-state index in [1.54, 1.807) is 25.1 Å². The number of esters is 1. The molecule has 1 aliphatic heterocycles. The van der Waals surface area contributed by atoms with Gasteiger partial charge in [0.2, 0.25) is 0 Å². The zero-order chi connectivity index (χ0) is 26.5. The molecule has 1 N–H and O–H groups in total. The molecule has 190 valence electrons. The molecule has 0 unspecified atom stereocenters. The van der Waals surface area contributed by atoms with Crippen LogP contribution >= 0.6 is 73.5 Å². The summed E-state index contributed by atoms with van der Waals surface area (Å²) in [6.07, 6.45) is 1.79. The second-order valence-electron chi connectivity index (χ2n) is 7.65. The SMILES string of the molecule is CCOC(=O)C1=C(O)/C(=C/c2cc(Br)c(OCc3ccc(Cl)cc3Cl)c(I)c2)SC1=Nc1ccccc1. The Morgan fingerprint density at radius 2 is 1.92 bits per heavy atom. The highest BCUT2D eigenvalue weighted by atomic mass is 127. The van der Waals surface area contributed by atoms with Gasteiger partial charge in [0.05, 0.1) is 25.2 Å². The van der Waals surface area contributed by atoms with Gasteiger partial charge in [0, 0.05) is 15.6 Å². The van der Waals surface area contributed by atoms with E-state index in [4.69, 9.17) is 32.7 Å². The number of carbonyl (C=O) groups is 1. The first-order chi connectivity index (χ1) is 17.8. The van der Waals surface area contributed by atoms with Gasteiger partial charge in [-0.05, 0) is 93.5 Å². The van der Waals surface area contributed by atoms with E-state index in [1.807, 2.05) is 48.5 Å². The Labute approximate surface area is 250 Å². The number of halogens is 4. The molecular weight excluding hydrogens is 712 g/mol. The maximum absolute atomic E-state index is 12.6. The summed E-state index contributed by atoms with van der Waals surface area (Å²) in [7, 11) is 0.